The normalized spacial score (nSPS) is 10.8. The van der Waals surface area contributed by atoms with Gasteiger partial charge >= 0.3 is 5.97 Å². The van der Waals surface area contributed by atoms with Gasteiger partial charge in [0.2, 0.25) is 5.89 Å². The Morgan fingerprint density at radius 3 is 3.13 bits per heavy atom. The number of thiazole rings is 1. The second-order valence-electron chi connectivity index (χ2n) is 4.35. The van der Waals surface area contributed by atoms with Crippen molar-refractivity contribution in [1.82, 2.24) is 15.2 Å². The van der Waals surface area contributed by atoms with E-state index in [1.807, 2.05) is 5.38 Å². The highest BCUT2D eigenvalue weighted by atomic mass is 32.2. The quantitative estimate of drug-likeness (QED) is 0.473. The van der Waals surface area contributed by atoms with Gasteiger partial charge in [-0.05, 0) is 19.1 Å². The van der Waals surface area contributed by atoms with E-state index in [1.165, 1.54) is 23.1 Å². The highest BCUT2D eigenvalue weighted by molar-refractivity contribution is 8.00. The second-order valence-corrected chi connectivity index (χ2v) is 6.43. The van der Waals surface area contributed by atoms with Gasteiger partial charge in [-0.15, -0.1) is 21.5 Å². The Balaban J connectivity index is 1.54. The van der Waals surface area contributed by atoms with Crippen LogP contribution in [0.4, 0.5) is 0 Å². The molecule has 0 unspecified atom stereocenters. The third-order valence-corrected chi connectivity index (χ3v) is 4.73. The molecule has 0 radical (unpaired) electrons. The summed E-state index contributed by atoms with van der Waals surface area (Å²) in [6, 6.07) is 3.52. The number of hydrogen-bond donors (Lipinski definition) is 0. The molecule has 0 aliphatic carbocycles. The van der Waals surface area contributed by atoms with E-state index in [-0.39, 0.29) is 12.4 Å². The van der Waals surface area contributed by atoms with E-state index >= 15 is 0 Å². The molecule has 0 amide bonds. The lowest BCUT2D eigenvalue weighted by Crippen LogP contribution is -2.07. The van der Waals surface area contributed by atoms with Crippen LogP contribution in [0.3, 0.4) is 0 Å². The predicted molar refractivity (Wildman–Crippen MR) is 84.0 cm³/mol. The minimum atomic E-state index is -0.269. The molecule has 0 aliphatic heterocycles. The Morgan fingerprint density at radius 1 is 1.43 bits per heavy atom. The summed E-state index contributed by atoms with van der Waals surface area (Å²) < 4.78 is 16.5. The molecule has 0 spiro atoms. The van der Waals surface area contributed by atoms with Crippen LogP contribution in [0.2, 0.25) is 0 Å². The van der Waals surface area contributed by atoms with Crippen molar-refractivity contribution >= 4 is 29.1 Å². The van der Waals surface area contributed by atoms with E-state index in [4.69, 9.17) is 13.6 Å². The number of rotatable bonds is 7. The molecular weight excluding hydrogens is 338 g/mol. The van der Waals surface area contributed by atoms with Gasteiger partial charge in [-0.1, -0.05) is 11.8 Å². The summed E-state index contributed by atoms with van der Waals surface area (Å²) in [6.07, 6.45) is 1.74. The van der Waals surface area contributed by atoms with E-state index in [2.05, 4.69) is 15.2 Å². The van der Waals surface area contributed by atoms with Crippen LogP contribution in [0, 0.1) is 0 Å². The molecule has 3 rings (SSSR count). The number of carbonyl (C=O) groups excluding carboxylic acids is 1. The molecule has 0 fully saturated rings. The van der Waals surface area contributed by atoms with Gasteiger partial charge in [0.05, 0.1) is 30.7 Å². The van der Waals surface area contributed by atoms with Gasteiger partial charge in [-0.25, -0.2) is 4.98 Å². The average Bonchev–Trinajstić information content (AvgIpc) is 3.27. The van der Waals surface area contributed by atoms with Gasteiger partial charge < -0.3 is 13.6 Å². The molecule has 3 heterocycles. The molecule has 7 nitrogen and oxygen atoms in total. The average molecular weight is 351 g/mol. The van der Waals surface area contributed by atoms with E-state index in [0.717, 1.165) is 4.34 Å². The number of thioether (sulfide) groups is 1. The van der Waals surface area contributed by atoms with Crippen molar-refractivity contribution in [1.29, 1.82) is 0 Å². The van der Waals surface area contributed by atoms with Gasteiger partial charge in [0.25, 0.3) is 5.89 Å². The monoisotopic (exact) mass is 351 g/mol. The Morgan fingerprint density at radius 2 is 2.35 bits per heavy atom. The summed E-state index contributed by atoms with van der Waals surface area (Å²) in [5.41, 5.74) is 0.706. The fraction of sp³-hybridized carbons (Fsp3) is 0.286. The van der Waals surface area contributed by atoms with Crippen LogP contribution >= 0.6 is 23.1 Å². The molecule has 0 saturated carbocycles. The largest absolute Gasteiger partial charge is 0.466 e. The molecule has 3 aromatic heterocycles. The highest BCUT2D eigenvalue weighted by Crippen LogP contribution is 2.27. The van der Waals surface area contributed by atoms with Crippen LogP contribution in [-0.4, -0.2) is 27.8 Å². The summed E-state index contributed by atoms with van der Waals surface area (Å²) >= 11 is 2.94. The van der Waals surface area contributed by atoms with Crippen LogP contribution in [-0.2, 0) is 21.7 Å². The number of aromatic nitrogens is 3. The first-order valence-corrected chi connectivity index (χ1v) is 8.70. The first-order chi connectivity index (χ1) is 11.2. The van der Waals surface area contributed by atoms with Crippen LogP contribution in [0.1, 0.15) is 18.5 Å². The Labute approximate surface area is 140 Å². The molecule has 120 valence electrons. The Hall–Kier alpha value is -2.13. The number of furan rings is 1. The van der Waals surface area contributed by atoms with Gasteiger partial charge in [0.1, 0.15) is 0 Å². The maximum absolute atomic E-state index is 11.4. The lowest BCUT2D eigenvalue weighted by atomic mass is 10.3. The topological polar surface area (TPSA) is 91.2 Å². The van der Waals surface area contributed by atoms with Crippen molar-refractivity contribution in [2.75, 3.05) is 6.61 Å². The maximum Gasteiger partial charge on any atom is 0.311 e. The summed E-state index contributed by atoms with van der Waals surface area (Å²) in [4.78, 5) is 15.8. The van der Waals surface area contributed by atoms with E-state index in [1.54, 1.807) is 25.3 Å². The van der Waals surface area contributed by atoms with Crippen molar-refractivity contribution in [2.45, 2.75) is 23.4 Å². The second kappa shape index (κ2) is 7.42. The van der Waals surface area contributed by atoms with E-state index < -0.39 is 0 Å². The summed E-state index contributed by atoms with van der Waals surface area (Å²) in [6.45, 7) is 2.15. The third-order valence-electron chi connectivity index (χ3n) is 2.68. The first kappa shape index (κ1) is 15.8. The zero-order valence-corrected chi connectivity index (χ0v) is 13.9. The van der Waals surface area contributed by atoms with Gasteiger partial charge in [0, 0.05) is 5.38 Å². The highest BCUT2D eigenvalue weighted by Gasteiger charge is 2.13. The van der Waals surface area contributed by atoms with Crippen molar-refractivity contribution in [3.63, 3.8) is 0 Å². The zero-order chi connectivity index (χ0) is 16.1. The van der Waals surface area contributed by atoms with E-state index in [0.29, 0.717) is 35.6 Å². The molecule has 9 heteroatoms. The minimum absolute atomic E-state index is 0.189. The Bertz CT molecular complexity index is 767. The van der Waals surface area contributed by atoms with Crippen molar-refractivity contribution < 1.29 is 18.4 Å². The smallest absolute Gasteiger partial charge is 0.311 e. The van der Waals surface area contributed by atoms with Crippen molar-refractivity contribution in [2.24, 2.45) is 0 Å². The first-order valence-electron chi connectivity index (χ1n) is 6.83. The molecule has 0 bridgehead atoms. The lowest BCUT2D eigenvalue weighted by molar-refractivity contribution is -0.142. The van der Waals surface area contributed by atoms with Crippen molar-refractivity contribution in [3.05, 3.63) is 35.4 Å². The Kier molecular flexibility index (Phi) is 5.09. The number of hydrogen-bond acceptors (Lipinski definition) is 9. The van der Waals surface area contributed by atoms with Crippen LogP contribution in [0.15, 0.2) is 36.9 Å². The SMILES string of the molecule is CCOC(=O)Cc1csc(SCc2nnc(-c3ccco3)o2)n1. The predicted octanol–water partition coefficient (Wildman–Crippen LogP) is 3.18. The lowest BCUT2D eigenvalue weighted by Gasteiger charge is -1.97. The molecule has 0 atom stereocenters. The third kappa shape index (κ3) is 4.20. The zero-order valence-electron chi connectivity index (χ0n) is 12.2. The van der Waals surface area contributed by atoms with Crippen molar-refractivity contribution in [3.8, 4) is 11.7 Å². The summed E-state index contributed by atoms with van der Waals surface area (Å²) in [7, 11) is 0. The number of carbonyl (C=O) groups is 1. The fourth-order valence-corrected chi connectivity index (χ4v) is 3.41. The summed E-state index contributed by atoms with van der Waals surface area (Å²) in [5.74, 6) is 1.62. The van der Waals surface area contributed by atoms with E-state index in [9.17, 15) is 4.79 Å². The van der Waals surface area contributed by atoms with Crippen LogP contribution < -0.4 is 0 Å². The van der Waals surface area contributed by atoms with Crippen LogP contribution in [0.5, 0.6) is 0 Å². The van der Waals surface area contributed by atoms with Crippen LogP contribution in [0.25, 0.3) is 11.7 Å². The number of esters is 1. The summed E-state index contributed by atoms with van der Waals surface area (Å²) in [5, 5.41) is 9.75. The molecular formula is C14H13N3O4S2. The standard InChI is InChI=1S/C14H13N3O4S2/c1-2-19-12(18)6-9-7-22-14(15-9)23-8-11-16-17-13(21-11)10-4-3-5-20-10/h3-5,7H,2,6,8H2,1H3. The molecule has 3 aromatic rings. The van der Waals surface area contributed by atoms with Gasteiger partial charge in [0.15, 0.2) is 10.1 Å². The molecule has 0 aromatic carbocycles. The molecule has 23 heavy (non-hydrogen) atoms. The maximum atomic E-state index is 11.4. The molecule has 0 aliphatic rings. The number of ether oxygens (including phenoxy) is 1. The minimum Gasteiger partial charge on any atom is -0.466 e. The fourth-order valence-electron chi connectivity index (χ4n) is 1.73. The number of nitrogens with zero attached hydrogens (tertiary/aromatic N) is 3. The van der Waals surface area contributed by atoms with Gasteiger partial charge in [-0.2, -0.15) is 0 Å². The van der Waals surface area contributed by atoms with Gasteiger partial charge in [-0.3, -0.25) is 4.79 Å². The molecule has 0 N–H and O–H groups in total. The molecule has 0 saturated heterocycles.